The minimum Gasteiger partial charge on any atom is -0.423 e. The lowest BCUT2D eigenvalue weighted by atomic mass is 9.99. The largest absolute Gasteiger partial charge is 0.423 e. The first-order chi connectivity index (χ1) is 21.0. The van der Waals surface area contributed by atoms with E-state index in [0.717, 1.165) is 19.3 Å². The van der Waals surface area contributed by atoms with E-state index < -0.39 is 17.9 Å². The number of carbonyl (C=O) groups excluding carboxylic acids is 3. The molecule has 0 aliphatic rings. The molecule has 4 aromatic rings. The molecular formula is C36H37NO6. The van der Waals surface area contributed by atoms with Gasteiger partial charge in [-0.3, -0.25) is 0 Å². The van der Waals surface area contributed by atoms with E-state index in [4.69, 9.17) is 14.2 Å². The third-order valence-corrected chi connectivity index (χ3v) is 6.75. The second-order valence-electron chi connectivity index (χ2n) is 10.1. The number of benzene rings is 4. The second-order valence-corrected chi connectivity index (χ2v) is 10.1. The first-order valence-corrected chi connectivity index (χ1v) is 14.8. The zero-order valence-corrected chi connectivity index (χ0v) is 24.4. The lowest BCUT2D eigenvalue weighted by Crippen LogP contribution is -2.24. The zero-order chi connectivity index (χ0) is 30.3. The summed E-state index contributed by atoms with van der Waals surface area (Å²) in [7, 11) is 0. The maximum atomic E-state index is 13.6. The molecule has 4 aromatic carbocycles. The average molecular weight is 580 g/mol. The first-order valence-electron chi connectivity index (χ1n) is 14.8. The molecule has 0 aliphatic heterocycles. The summed E-state index contributed by atoms with van der Waals surface area (Å²) in [6.45, 7) is 2.83. The molecule has 0 bridgehead atoms. The first kappa shape index (κ1) is 31.0. The SMILES string of the molecule is CCCCCCCCCNc1cc(C(=O)Oc2ccccc2)c(C(=O)Oc2ccccc2)c(C(=O)Oc2ccccc2)c1. The molecule has 0 amide bonds. The third-order valence-electron chi connectivity index (χ3n) is 6.75. The van der Waals surface area contributed by atoms with Gasteiger partial charge < -0.3 is 19.5 Å². The Morgan fingerprint density at radius 2 is 0.930 bits per heavy atom. The quantitative estimate of drug-likeness (QED) is 0.0857. The van der Waals surface area contributed by atoms with Gasteiger partial charge in [0.25, 0.3) is 0 Å². The molecule has 1 N–H and O–H groups in total. The number of carbonyl (C=O) groups is 3. The number of hydrogen-bond acceptors (Lipinski definition) is 7. The molecule has 0 radical (unpaired) electrons. The number of esters is 3. The van der Waals surface area contributed by atoms with E-state index in [0.29, 0.717) is 23.7 Å². The Labute approximate surface area is 252 Å². The van der Waals surface area contributed by atoms with Gasteiger partial charge in [-0.15, -0.1) is 0 Å². The molecular weight excluding hydrogens is 542 g/mol. The van der Waals surface area contributed by atoms with E-state index in [1.807, 2.05) is 0 Å². The van der Waals surface area contributed by atoms with Crippen LogP contribution in [0.25, 0.3) is 0 Å². The Bertz CT molecular complexity index is 1400. The highest BCUT2D eigenvalue weighted by atomic mass is 16.5. The molecule has 222 valence electrons. The normalized spacial score (nSPS) is 10.5. The summed E-state index contributed by atoms with van der Waals surface area (Å²) in [6.07, 6.45) is 8.03. The highest BCUT2D eigenvalue weighted by molar-refractivity contribution is 6.12. The molecule has 0 saturated heterocycles. The molecule has 0 aliphatic carbocycles. The van der Waals surface area contributed by atoms with Crippen molar-refractivity contribution in [3.05, 3.63) is 120 Å². The topological polar surface area (TPSA) is 90.9 Å². The summed E-state index contributed by atoms with van der Waals surface area (Å²) < 4.78 is 16.8. The van der Waals surface area contributed by atoms with Crippen LogP contribution in [0.2, 0.25) is 0 Å². The van der Waals surface area contributed by atoms with Crippen LogP contribution in [0.15, 0.2) is 103 Å². The zero-order valence-electron chi connectivity index (χ0n) is 24.4. The fourth-order valence-corrected chi connectivity index (χ4v) is 4.55. The van der Waals surface area contributed by atoms with Crippen LogP contribution in [0.3, 0.4) is 0 Å². The van der Waals surface area contributed by atoms with Crippen molar-refractivity contribution in [1.82, 2.24) is 0 Å². The maximum Gasteiger partial charge on any atom is 0.345 e. The van der Waals surface area contributed by atoms with Gasteiger partial charge in [-0.2, -0.15) is 0 Å². The lowest BCUT2D eigenvalue weighted by molar-refractivity contribution is 0.0674. The van der Waals surface area contributed by atoms with Gasteiger partial charge in [-0.25, -0.2) is 14.4 Å². The minimum absolute atomic E-state index is 0.116. The van der Waals surface area contributed by atoms with E-state index in [9.17, 15) is 14.4 Å². The molecule has 0 unspecified atom stereocenters. The van der Waals surface area contributed by atoms with Crippen molar-refractivity contribution in [1.29, 1.82) is 0 Å². The summed E-state index contributed by atoms with van der Waals surface area (Å²) in [4.78, 5) is 40.8. The fourth-order valence-electron chi connectivity index (χ4n) is 4.55. The number of para-hydroxylation sites is 3. The van der Waals surface area contributed by atoms with Gasteiger partial charge in [-0.05, 0) is 55.0 Å². The predicted molar refractivity (Wildman–Crippen MR) is 167 cm³/mol. The van der Waals surface area contributed by atoms with Gasteiger partial charge in [0.1, 0.15) is 17.2 Å². The van der Waals surface area contributed by atoms with Crippen molar-refractivity contribution in [2.75, 3.05) is 11.9 Å². The third kappa shape index (κ3) is 9.57. The Morgan fingerprint density at radius 1 is 0.535 bits per heavy atom. The van der Waals surface area contributed by atoms with E-state index in [1.165, 1.54) is 37.8 Å². The molecule has 0 spiro atoms. The van der Waals surface area contributed by atoms with Crippen LogP contribution in [0.1, 0.15) is 82.9 Å². The molecule has 0 saturated carbocycles. The van der Waals surface area contributed by atoms with Gasteiger partial charge in [0.05, 0.1) is 16.7 Å². The average Bonchev–Trinajstić information content (AvgIpc) is 3.03. The van der Waals surface area contributed by atoms with Crippen LogP contribution in [-0.2, 0) is 0 Å². The Morgan fingerprint density at radius 3 is 1.37 bits per heavy atom. The molecule has 7 heteroatoms. The van der Waals surface area contributed by atoms with Gasteiger partial charge in [0.2, 0.25) is 0 Å². The second kappa shape index (κ2) is 16.5. The van der Waals surface area contributed by atoms with Crippen molar-refractivity contribution >= 4 is 23.6 Å². The molecule has 7 nitrogen and oxygen atoms in total. The van der Waals surface area contributed by atoms with Crippen molar-refractivity contribution in [2.24, 2.45) is 0 Å². The molecule has 0 atom stereocenters. The number of rotatable bonds is 15. The van der Waals surface area contributed by atoms with Crippen LogP contribution in [0.5, 0.6) is 17.2 Å². The fraction of sp³-hybridized carbons (Fsp3) is 0.250. The van der Waals surface area contributed by atoms with Crippen molar-refractivity contribution < 1.29 is 28.6 Å². The van der Waals surface area contributed by atoms with Crippen LogP contribution >= 0.6 is 0 Å². The number of anilines is 1. The highest BCUT2D eigenvalue weighted by Crippen LogP contribution is 2.27. The molecule has 0 fully saturated rings. The van der Waals surface area contributed by atoms with Crippen molar-refractivity contribution in [3.63, 3.8) is 0 Å². The summed E-state index contributed by atoms with van der Waals surface area (Å²) in [6, 6.07) is 28.5. The van der Waals surface area contributed by atoms with E-state index in [1.54, 1.807) is 91.0 Å². The minimum atomic E-state index is -0.884. The van der Waals surface area contributed by atoms with Gasteiger partial charge in [-0.1, -0.05) is 100 Å². The van der Waals surface area contributed by atoms with Gasteiger partial charge in [0, 0.05) is 12.2 Å². The van der Waals surface area contributed by atoms with Crippen LogP contribution < -0.4 is 19.5 Å². The van der Waals surface area contributed by atoms with Crippen LogP contribution in [-0.4, -0.2) is 24.5 Å². The van der Waals surface area contributed by atoms with E-state index >= 15 is 0 Å². The van der Waals surface area contributed by atoms with E-state index in [2.05, 4.69) is 12.2 Å². The number of nitrogens with one attached hydrogen (secondary N) is 1. The van der Waals surface area contributed by atoms with Gasteiger partial charge >= 0.3 is 17.9 Å². The standard InChI is InChI=1S/C36H37NO6/c1-2-3-4-5-6-7-17-24-37-27-25-31(34(38)41-28-18-11-8-12-19-28)33(36(40)43-30-22-15-10-16-23-30)32(26-27)35(39)42-29-20-13-9-14-21-29/h8-16,18-23,25-26,37H,2-7,17,24H2,1H3. The smallest absolute Gasteiger partial charge is 0.345 e. The lowest BCUT2D eigenvalue weighted by Gasteiger charge is -2.16. The Kier molecular flexibility index (Phi) is 11.9. The Balaban J connectivity index is 1.67. The predicted octanol–water partition coefficient (Wildman–Crippen LogP) is 8.51. The summed E-state index contributed by atoms with van der Waals surface area (Å²) in [5.74, 6) is -1.64. The van der Waals surface area contributed by atoms with E-state index in [-0.39, 0.29) is 22.4 Å². The molecule has 43 heavy (non-hydrogen) atoms. The van der Waals surface area contributed by atoms with Crippen molar-refractivity contribution in [2.45, 2.75) is 51.9 Å². The Hall–Kier alpha value is -4.91. The summed E-state index contributed by atoms with van der Waals surface area (Å²) in [5.41, 5.74) is 0.0122. The van der Waals surface area contributed by atoms with Gasteiger partial charge in [0.15, 0.2) is 0 Å². The number of unbranched alkanes of at least 4 members (excludes halogenated alkanes) is 6. The molecule has 0 aromatic heterocycles. The number of ether oxygens (including phenoxy) is 3. The van der Waals surface area contributed by atoms with Crippen LogP contribution in [0.4, 0.5) is 5.69 Å². The maximum absolute atomic E-state index is 13.6. The number of hydrogen-bond donors (Lipinski definition) is 1. The van der Waals surface area contributed by atoms with Crippen LogP contribution in [0, 0.1) is 0 Å². The summed E-state index contributed by atoms with van der Waals surface area (Å²) >= 11 is 0. The summed E-state index contributed by atoms with van der Waals surface area (Å²) in [5, 5.41) is 3.31. The highest BCUT2D eigenvalue weighted by Gasteiger charge is 2.30. The molecule has 0 heterocycles. The van der Waals surface area contributed by atoms with Crippen molar-refractivity contribution in [3.8, 4) is 17.2 Å². The monoisotopic (exact) mass is 579 g/mol. The molecule has 4 rings (SSSR count).